The van der Waals surface area contributed by atoms with Gasteiger partial charge in [-0.05, 0) is 58.0 Å². The van der Waals surface area contributed by atoms with E-state index in [0.29, 0.717) is 18.9 Å². The van der Waals surface area contributed by atoms with Crippen molar-refractivity contribution >= 4 is 18.3 Å². The van der Waals surface area contributed by atoms with Crippen LogP contribution in [-0.4, -0.2) is 70.6 Å². The molecule has 0 aromatic heterocycles. The number of carbonyl (C=O) groups excluding carboxylic acids is 1. The molecule has 2 heterocycles. The molecule has 24 heavy (non-hydrogen) atoms. The zero-order valence-corrected chi connectivity index (χ0v) is 14.1. The monoisotopic (exact) mass is 340 g/mol. The number of carboxylic acids is 1. The van der Waals surface area contributed by atoms with Crippen LogP contribution >= 0.6 is 0 Å². The largest absolute Gasteiger partial charge is 0.483 e. The molecule has 1 aliphatic carbocycles. The zero-order chi connectivity index (χ0) is 17.5. The second-order valence-electron chi connectivity index (χ2n) is 6.95. The predicted octanol–water partition coefficient (Wildman–Crippen LogP) is 1.27. The Morgan fingerprint density at radius 1 is 0.917 bits per heavy atom. The van der Waals surface area contributed by atoms with E-state index < -0.39 is 5.97 Å². The molecule has 3 fully saturated rings. The Morgan fingerprint density at radius 3 is 1.96 bits per heavy atom. The van der Waals surface area contributed by atoms with Gasteiger partial charge in [0.05, 0.1) is 5.92 Å². The van der Waals surface area contributed by atoms with E-state index in [1.54, 1.807) is 0 Å². The minimum atomic E-state index is -0.738. The summed E-state index contributed by atoms with van der Waals surface area (Å²) >= 11 is 0. The fourth-order valence-corrected chi connectivity index (χ4v) is 4.25. The number of piperidine rings is 1. The van der Waals surface area contributed by atoms with Gasteiger partial charge in [-0.15, -0.1) is 0 Å². The first-order chi connectivity index (χ1) is 11.6. The predicted molar refractivity (Wildman–Crippen MR) is 87.6 cm³/mol. The lowest BCUT2D eigenvalue weighted by Crippen LogP contribution is -2.47. The fourth-order valence-electron chi connectivity index (χ4n) is 4.25. The number of nitrogens with zero attached hydrogens (tertiary/aromatic N) is 2. The van der Waals surface area contributed by atoms with Gasteiger partial charge in [0.15, 0.2) is 0 Å². The third-order valence-electron chi connectivity index (χ3n) is 5.56. The molecule has 0 unspecified atom stereocenters. The number of carbonyl (C=O) groups is 3. The Morgan fingerprint density at radius 2 is 1.46 bits per heavy atom. The minimum Gasteiger partial charge on any atom is -0.483 e. The summed E-state index contributed by atoms with van der Waals surface area (Å²) in [5.74, 6) is -0.882. The lowest BCUT2D eigenvalue weighted by Gasteiger charge is -2.37. The quantitative estimate of drug-likeness (QED) is 0.751. The van der Waals surface area contributed by atoms with Crippen molar-refractivity contribution in [3.63, 3.8) is 0 Å². The van der Waals surface area contributed by atoms with Crippen molar-refractivity contribution in [2.24, 2.45) is 11.8 Å². The highest BCUT2D eigenvalue weighted by Crippen LogP contribution is 2.33. The first kappa shape index (κ1) is 18.7. The lowest BCUT2D eigenvalue weighted by molar-refractivity contribution is -0.142. The van der Waals surface area contributed by atoms with Crippen LogP contribution in [-0.2, 0) is 14.4 Å². The van der Waals surface area contributed by atoms with Crippen LogP contribution in [0.3, 0.4) is 0 Å². The molecule has 7 nitrogen and oxygen atoms in total. The number of hydrogen-bond acceptors (Lipinski definition) is 4. The fraction of sp³-hybridized carbons (Fsp3) is 0.824. The lowest BCUT2D eigenvalue weighted by atomic mass is 9.99. The summed E-state index contributed by atoms with van der Waals surface area (Å²) in [4.78, 5) is 36.5. The van der Waals surface area contributed by atoms with Gasteiger partial charge < -0.3 is 20.0 Å². The molecule has 0 radical (unpaired) electrons. The highest BCUT2D eigenvalue weighted by atomic mass is 16.4. The van der Waals surface area contributed by atoms with Gasteiger partial charge in [-0.25, -0.2) is 0 Å². The Labute approximate surface area is 142 Å². The van der Waals surface area contributed by atoms with E-state index in [-0.39, 0.29) is 24.2 Å². The Hall–Kier alpha value is -1.63. The van der Waals surface area contributed by atoms with Crippen LogP contribution in [0.1, 0.15) is 44.9 Å². The van der Waals surface area contributed by atoms with Crippen LogP contribution in [0.15, 0.2) is 0 Å². The smallest absolute Gasteiger partial charge is 0.306 e. The molecule has 2 saturated heterocycles. The molecule has 0 bridgehead atoms. The third kappa shape index (κ3) is 4.69. The van der Waals surface area contributed by atoms with Crippen LogP contribution < -0.4 is 0 Å². The molecule has 1 amide bonds. The minimum absolute atomic E-state index is 0.0468. The highest BCUT2D eigenvalue weighted by molar-refractivity contribution is 5.81. The van der Waals surface area contributed by atoms with Crippen molar-refractivity contribution in [3.05, 3.63) is 0 Å². The molecule has 2 N–H and O–H groups in total. The summed E-state index contributed by atoms with van der Waals surface area (Å²) in [6.45, 7) is 3.91. The van der Waals surface area contributed by atoms with Crippen LogP contribution in [0.25, 0.3) is 0 Å². The molecule has 3 rings (SSSR count). The van der Waals surface area contributed by atoms with Gasteiger partial charge in [0, 0.05) is 25.0 Å². The Bertz CT molecular complexity index is 442. The third-order valence-corrected chi connectivity index (χ3v) is 5.56. The first-order valence-electron chi connectivity index (χ1n) is 8.90. The first-order valence-corrected chi connectivity index (χ1v) is 8.90. The Kier molecular flexibility index (Phi) is 7.02. The van der Waals surface area contributed by atoms with E-state index in [2.05, 4.69) is 4.90 Å². The van der Waals surface area contributed by atoms with Crippen molar-refractivity contribution in [1.82, 2.24) is 9.80 Å². The number of carboxylic acid groups (broad SMARTS) is 2. The molecule has 7 heteroatoms. The Balaban J connectivity index is 0.000000647. The van der Waals surface area contributed by atoms with Gasteiger partial charge in [0.25, 0.3) is 6.47 Å². The molecule has 0 aromatic rings. The van der Waals surface area contributed by atoms with E-state index in [9.17, 15) is 9.59 Å². The van der Waals surface area contributed by atoms with E-state index in [1.165, 1.54) is 25.9 Å². The summed E-state index contributed by atoms with van der Waals surface area (Å²) in [5, 5.41) is 15.9. The molecule has 1 saturated carbocycles. The normalized spacial score (nSPS) is 28.2. The number of aliphatic carboxylic acids is 1. The summed E-state index contributed by atoms with van der Waals surface area (Å²) in [6, 6.07) is 0.659. The second kappa shape index (κ2) is 9.01. The van der Waals surface area contributed by atoms with Crippen LogP contribution in [0.2, 0.25) is 0 Å². The maximum absolute atomic E-state index is 12.5. The van der Waals surface area contributed by atoms with Crippen molar-refractivity contribution in [1.29, 1.82) is 0 Å². The summed E-state index contributed by atoms with van der Waals surface area (Å²) < 4.78 is 0. The van der Waals surface area contributed by atoms with Gasteiger partial charge in [-0.2, -0.15) is 0 Å². The number of hydrogen-bond donors (Lipinski definition) is 2. The standard InChI is InChI=1S/C16H26N2O3.CH2O2/c19-15(12-3-4-13(11-12)16(20)21)18-9-5-14(6-10-18)17-7-1-2-8-17;2-1-3/h12-14H,1-11H2,(H,20,21);1H,(H,2,3)/t12-,13+;/m0./s1. The van der Waals surface area contributed by atoms with Gasteiger partial charge >= 0.3 is 5.97 Å². The van der Waals surface area contributed by atoms with Crippen molar-refractivity contribution in [2.45, 2.75) is 51.0 Å². The van der Waals surface area contributed by atoms with Crippen LogP contribution in [0.5, 0.6) is 0 Å². The topological polar surface area (TPSA) is 98.2 Å². The molecule has 2 aliphatic heterocycles. The summed E-state index contributed by atoms with van der Waals surface area (Å²) in [7, 11) is 0. The number of rotatable bonds is 3. The van der Waals surface area contributed by atoms with Gasteiger partial charge in [-0.3, -0.25) is 14.4 Å². The second-order valence-corrected chi connectivity index (χ2v) is 6.95. The maximum Gasteiger partial charge on any atom is 0.306 e. The van der Waals surface area contributed by atoms with Gasteiger partial charge in [-0.1, -0.05) is 0 Å². The van der Waals surface area contributed by atoms with E-state index in [1.807, 2.05) is 4.90 Å². The molecule has 2 atom stereocenters. The van der Waals surface area contributed by atoms with Crippen molar-refractivity contribution in [3.8, 4) is 0 Å². The SMILES string of the molecule is O=C(O)[C@@H]1CC[C@H](C(=O)N2CCC(N3CCCC3)CC2)C1.O=CO. The number of amides is 1. The van der Waals surface area contributed by atoms with E-state index in [4.69, 9.17) is 15.0 Å². The van der Waals surface area contributed by atoms with Crippen molar-refractivity contribution in [2.75, 3.05) is 26.2 Å². The molecule has 0 spiro atoms. The number of likely N-dealkylation sites (tertiary alicyclic amines) is 2. The molecular weight excluding hydrogens is 312 g/mol. The summed E-state index contributed by atoms with van der Waals surface area (Å²) in [5.41, 5.74) is 0. The average molecular weight is 340 g/mol. The van der Waals surface area contributed by atoms with Gasteiger partial charge in [0.2, 0.25) is 5.91 Å². The summed E-state index contributed by atoms with van der Waals surface area (Å²) in [6.07, 6.45) is 6.76. The van der Waals surface area contributed by atoms with E-state index in [0.717, 1.165) is 32.4 Å². The highest BCUT2D eigenvalue weighted by Gasteiger charge is 2.37. The van der Waals surface area contributed by atoms with Crippen molar-refractivity contribution < 1.29 is 24.6 Å². The molecule has 3 aliphatic rings. The average Bonchev–Trinajstić information content (AvgIpc) is 3.27. The maximum atomic E-state index is 12.5. The van der Waals surface area contributed by atoms with Crippen LogP contribution in [0.4, 0.5) is 0 Å². The molecule has 136 valence electrons. The molecular formula is C17H28N2O5. The van der Waals surface area contributed by atoms with Gasteiger partial charge in [0.1, 0.15) is 0 Å². The van der Waals surface area contributed by atoms with E-state index >= 15 is 0 Å². The van der Waals surface area contributed by atoms with Crippen LogP contribution in [0, 0.1) is 11.8 Å². The zero-order valence-electron chi connectivity index (χ0n) is 14.1. The molecule has 0 aromatic carbocycles.